The largest absolute Gasteiger partial charge is 0.304 e. The van der Waals surface area contributed by atoms with Crippen LogP contribution in [0.15, 0.2) is 18.3 Å². The summed E-state index contributed by atoms with van der Waals surface area (Å²) in [6, 6.07) is 4.14. The molecule has 2 rings (SSSR count). The van der Waals surface area contributed by atoms with E-state index in [-0.39, 0.29) is 0 Å². The first-order chi connectivity index (χ1) is 7.25. The van der Waals surface area contributed by atoms with Crippen molar-refractivity contribution in [2.24, 2.45) is 0 Å². The van der Waals surface area contributed by atoms with Crippen LogP contribution in [0.1, 0.15) is 11.3 Å². The zero-order valence-electron chi connectivity index (χ0n) is 9.61. The number of nitrogens with zero attached hydrogens (tertiary/aromatic N) is 3. The summed E-state index contributed by atoms with van der Waals surface area (Å²) in [5.41, 5.74) is 2.53. The number of aryl methyl sites for hydroxylation is 1. The molecule has 0 amide bonds. The van der Waals surface area contributed by atoms with Crippen LogP contribution in [0.4, 0.5) is 0 Å². The number of piperazine rings is 1. The van der Waals surface area contributed by atoms with Gasteiger partial charge in [-0.2, -0.15) is 0 Å². The Kier molecular flexibility index (Phi) is 3.34. The van der Waals surface area contributed by atoms with Crippen molar-refractivity contribution >= 4 is 0 Å². The maximum Gasteiger partial charge on any atom is 0.0573 e. The molecule has 0 radical (unpaired) electrons. The Labute approximate surface area is 91.7 Å². The summed E-state index contributed by atoms with van der Waals surface area (Å²) < 4.78 is 0. The minimum atomic E-state index is 1.00. The first-order valence-corrected chi connectivity index (χ1v) is 5.57. The average Bonchev–Trinajstić information content (AvgIpc) is 2.25. The molecule has 1 aliphatic heterocycles. The molecule has 1 saturated heterocycles. The summed E-state index contributed by atoms with van der Waals surface area (Å²) in [5.74, 6) is 0. The van der Waals surface area contributed by atoms with Gasteiger partial charge in [0.2, 0.25) is 0 Å². The Morgan fingerprint density at radius 1 is 1.27 bits per heavy atom. The molecule has 15 heavy (non-hydrogen) atoms. The highest BCUT2D eigenvalue weighted by molar-refractivity contribution is 5.17. The van der Waals surface area contributed by atoms with Crippen molar-refractivity contribution in [2.45, 2.75) is 13.5 Å². The van der Waals surface area contributed by atoms with Gasteiger partial charge in [-0.1, -0.05) is 6.07 Å². The first kappa shape index (κ1) is 10.6. The van der Waals surface area contributed by atoms with Gasteiger partial charge in [-0.05, 0) is 25.6 Å². The average molecular weight is 205 g/mol. The quantitative estimate of drug-likeness (QED) is 0.721. The molecule has 1 fully saturated rings. The van der Waals surface area contributed by atoms with Crippen LogP contribution in [-0.2, 0) is 6.54 Å². The van der Waals surface area contributed by atoms with Crippen LogP contribution in [0.5, 0.6) is 0 Å². The first-order valence-electron chi connectivity index (χ1n) is 5.57. The summed E-state index contributed by atoms with van der Waals surface area (Å²) in [7, 11) is 2.18. The molecule has 0 unspecified atom stereocenters. The van der Waals surface area contributed by atoms with Gasteiger partial charge >= 0.3 is 0 Å². The molecule has 1 aromatic rings. The second-order valence-electron chi connectivity index (χ2n) is 4.35. The Balaban J connectivity index is 1.95. The lowest BCUT2D eigenvalue weighted by Gasteiger charge is -2.32. The fourth-order valence-electron chi connectivity index (χ4n) is 1.90. The highest BCUT2D eigenvalue weighted by atomic mass is 15.2. The molecule has 0 atom stereocenters. The normalized spacial score (nSPS) is 19.3. The minimum absolute atomic E-state index is 1.00. The molecular formula is C12H19N3. The third-order valence-corrected chi connectivity index (χ3v) is 3.09. The number of hydrogen-bond acceptors (Lipinski definition) is 3. The maximum absolute atomic E-state index is 4.44. The third-order valence-electron chi connectivity index (χ3n) is 3.09. The highest BCUT2D eigenvalue weighted by Gasteiger charge is 2.14. The Bertz CT molecular complexity index is 316. The molecule has 0 bridgehead atoms. The number of pyridine rings is 1. The molecule has 0 N–H and O–H groups in total. The molecule has 2 heterocycles. The summed E-state index contributed by atoms with van der Waals surface area (Å²) in [4.78, 5) is 9.29. The summed E-state index contributed by atoms with van der Waals surface area (Å²) in [6.07, 6.45) is 1.89. The lowest BCUT2D eigenvalue weighted by Crippen LogP contribution is -2.44. The van der Waals surface area contributed by atoms with Gasteiger partial charge in [-0.15, -0.1) is 0 Å². The number of likely N-dealkylation sites (N-methyl/N-ethyl adjacent to an activating group) is 1. The maximum atomic E-state index is 4.44. The molecule has 82 valence electrons. The number of hydrogen-bond donors (Lipinski definition) is 0. The van der Waals surface area contributed by atoms with Crippen molar-refractivity contribution in [2.75, 3.05) is 33.2 Å². The van der Waals surface area contributed by atoms with Crippen molar-refractivity contribution < 1.29 is 0 Å². The lowest BCUT2D eigenvalue weighted by molar-refractivity contribution is 0.146. The van der Waals surface area contributed by atoms with Crippen LogP contribution in [0, 0.1) is 6.92 Å². The Hall–Kier alpha value is -0.930. The van der Waals surface area contributed by atoms with E-state index in [2.05, 4.69) is 34.8 Å². The van der Waals surface area contributed by atoms with E-state index in [0.29, 0.717) is 0 Å². The molecule has 0 spiro atoms. The van der Waals surface area contributed by atoms with Crippen LogP contribution in [0.25, 0.3) is 0 Å². The van der Waals surface area contributed by atoms with E-state index in [1.807, 2.05) is 12.3 Å². The van der Waals surface area contributed by atoms with Gasteiger partial charge in [0.15, 0.2) is 0 Å². The monoisotopic (exact) mass is 205 g/mol. The van der Waals surface area contributed by atoms with Crippen molar-refractivity contribution in [1.29, 1.82) is 0 Å². The Morgan fingerprint density at radius 2 is 2.00 bits per heavy atom. The van der Waals surface area contributed by atoms with E-state index >= 15 is 0 Å². The molecule has 0 saturated carbocycles. The Morgan fingerprint density at radius 3 is 2.67 bits per heavy atom. The SMILES string of the molecule is Cc1cccnc1CN1CCN(C)CC1. The molecular weight excluding hydrogens is 186 g/mol. The van der Waals surface area contributed by atoms with E-state index in [4.69, 9.17) is 0 Å². The van der Waals surface area contributed by atoms with Crippen molar-refractivity contribution in [1.82, 2.24) is 14.8 Å². The topological polar surface area (TPSA) is 19.4 Å². The van der Waals surface area contributed by atoms with Gasteiger partial charge in [0.25, 0.3) is 0 Å². The smallest absolute Gasteiger partial charge is 0.0573 e. The van der Waals surface area contributed by atoms with E-state index in [9.17, 15) is 0 Å². The van der Waals surface area contributed by atoms with Crippen LogP contribution in [0.2, 0.25) is 0 Å². The van der Waals surface area contributed by atoms with Crippen molar-refractivity contribution in [3.63, 3.8) is 0 Å². The lowest BCUT2D eigenvalue weighted by atomic mass is 10.2. The molecule has 0 aliphatic carbocycles. The predicted octanol–water partition coefficient (Wildman–Crippen LogP) is 1.14. The van der Waals surface area contributed by atoms with Gasteiger partial charge in [0.05, 0.1) is 5.69 Å². The van der Waals surface area contributed by atoms with Gasteiger partial charge in [-0.25, -0.2) is 0 Å². The van der Waals surface area contributed by atoms with Crippen LogP contribution in [0.3, 0.4) is 0 Å². The van der Waals surface area contributed by atoms with E-state index in [1.54, 1.807) is 0 Å². The van der Waals surface area contributed by atoms with E-state index in [1.165, 1.54) is 24.3 Å². The second-order valence-corrected chi connectivity index (χ2v) is 4.35. The summed E-state index contributed by atoms with van der Waals surface area (Å²) in [6.45, 7) is 7.80. The van der Waals surface area contributed by atoms with Crippen molar-refractivity contribution in [3.05, 3.63) is 29.6 Å². The molecule has 1 aromatic heterocycles. The van der Waals surface area contributed by atoms with Gasteiger partial charge in [0.1, 0.15) is 0 Å². The fraction of sp³-hybridized carbons (Fsp3) is 0.583. The van der Waals surface area contributed by atoms with Crippen LogP contribution < -0.4 is 0 Å². The summed E-state index contributed by atoms with van der Waals surface area (Å²) >= 11 is 0. The van der Waals surface area contributed by atoms with Crippen LogP contribution in [-0.4, -0.2) is 48.0 Å². The molecule has 3 nitrogen and oxygen atoms in total. The zero-order valence-corrected chi connectivity index (χ0v) is 9.61. The molecule has 0 aromatic carbocycles. The standard InChI is InChI=1S/C12H19N3/c1-11-4-3-5-13-12(11)10-15-8-6-14(2)7-9-15/h3-5H,6-10H2,1-2H3. The molecule has 3 heteroatoms. The van der Waals surface area contributed by atoms with Gasteiger partial charge < -0.3 is 4.90 Å². The summed E-state index contributed by atoms with van der Waals surface area (Å²) in [5, 5.41) is 0. The third kappa shape index (κ3) is 2.76. The second kappa shape index (κ2) is 4.73. The van der Waals surface area contributed by atoms with Crippen LogP contribution >= 0.6 is 0 Å². The van der Waals surface area contributed by atoms with Crippen molar-refractivity contribution in [3.8, 4) is 0 Å². The van der Waals surface area contributed by atoms with E-state index < -0.39 is 0 Å². The minimum Gasteiger partial charge on any atom is -0.304 e. The highest BCUT2D eigenvalue weighted by Crippen LogP contribution is 2.09. The molecule has 1 aliphatic rings. The number of rotatable bonds is 2. The zero-order chi connectivity index (χ0) is 10.7. The predicted molar refractivity (Wildman–Crippen MR) is 61.7 cm³/mol. The van der Waals surface area contributed by atoms with Gasteiger partial charge in [-0.3, -0.25) is 9.88 Å². The number of aromatic nitrogens is 1. The van der Waals surface area contributed by atoms with E-state index in [0.717, 1.165) is 19.6 Å². The van der Waals surface area contributed by atoms with Gasteiger partial charge in [0, 0.05) is 38.9 Å². The fourth-order valence-corrected chi connectivity index (χ4v) is 1.90.